The lowest BCUT2D eigenvalue weighted by Gasteiger charge is -2.32. The lowest BCUT2D eigenvalue weighted by Crippen LogP contribution is -2.41. The molecular formula is C18H21BN2O2. The van der Waals surface area contributed by atoms with Crippen LogP contribution in [-0.4, -0.2) is 29.5 Å². The van der Waals surface area contributed by atoms with Crippen LogP contribution in [0.3, 0.4) is 0 Å². The lowest BCUT2D eigenvalue weighted by atomic mass is 9.84. The van der Waals surface area contributed by atoms with Gasteiger partial charge in [-0.2, -0.15) is 0 Å². The summed E-state index contributed by atoms with van der Waals surface area (Å²) in [5, 5.41) is 0. The maximum Gasteiger partial charge on any atom is 0.514 e. The topological polar surface area (TPSA) is 43.7 Å². The van der Waals surface area contributed by atoms with Gasteiger partial charge in [-0.1, -0.05) is 30.3 Å². The molecule has 3 rings (SSSR count). The monoisotopic (exact) mass is 308 g/mol. The van der Waals surface area contributed by atoms with Crippen molar-refractivity contribution in [1.29, 1.82) is 0 Å². The normalized spacial score (nSPS) is 19.4. The second-order valence-corrected chi connectivity index (χ2v) is 6.70. The Bertz CT molecular complexity index is 698. The van der Waals surface area contributed by atoms with Crippen LogP contribution in [0.15, 0.2) is 53.7 Å². The Morgan fingerprint density at radius 1 is 1.00 bits per heavy atom. The van der Waals surface area contributed by atoms with E-state index < -0.39 is 7.12 Å². The maximum atomic E-state index is 6.03. The van der Waals surface area contributed by atoms with Crippen molar-refractivity contribution in [2.24, 2.45) is 4.99 Å². The van der Waals surface area contributed by atoms with E-state index in [2.05, 4.69) is 9.98 Å². The Labute approximate surface area is 137 Å². The van der Waals surface area contributed by atoms with Gasteiger partial charge >= 0.3 is 7.12 Å². The Morgan fingerprint density at radius 2 is 1.65 bits per heavy atom. The Balaban J connectivity index is 1.80. The molecule has 1 aromatic heterocycles. The maximum absolute atomic E-state index is 6.03. The van der Waals surface area contributed by atoms with E-state index in [4.69, 9.17) is 9.31 Å². The lowest BCUT2D eigenvalue weighted by molar-refractivity contribution is 0.00578. The van der Waals surface area contributed by atoms with Crippen molar-refractivity contribution < 1.29 is 9.31 Å². The van der Waals surface area contributed by atoms with Crippen molar-refractivity contribution in [3.05, 3.63) is 54.2 Å². The summed E-state index contributed by atoms with van der Waals surface area (Å²) in [6.45, 7) is 8.13. The standard InChI is InChI=1S/C18H21BN2O2/c1-17(2)18(3,4)23-19(22-17)16-12-15(10-11-20-16)21-13-14-8-6-5-7-9-14/h5-13H,1-4H3. The van der Waals surface area contributed by atoms with Gasteiger partial charge in [0.05, 0.1) is 22.5 Å². The van der Waals surface area contributed by atoms with E-state index in [0.29, 0.717) is 0 Å². The highest BCUT2D eigenvalue weighted by Gasteiger charge is 2.52. The molecule has 2 aromatic rings. The smallest absolute Gasteiger partial charge is 0.398 e. The fraction of sp³-hybridized carbons (Fsp3) is 0.333. The molecule has 1 aliphatic rings. The Morgan fingerprint density at radius 3 is 2.30 bits per heavy atom. The average molecular weight is 308 g/mol. The van der Waals surface area contributed by atoms with Gasteiger partial charge in [0, 0.05) is 12.4 Å². The molecule has 0 saturated carbocycles. The minimum atomic E-state index is -0.466. The number of benzene rings is 1. The predicted molar refractivity (Wildman–Crippen MR) is 93.6 cm³/mol. The van der Waals surface area contributed by atoms with Gasteiger partial charge in [0.15, 0.2) is 0 Å². The van der Waals surface area contributed by atoms with Crippen molar-refractivity contribution >= 4 is 24.6 Å². The highest BCUT2D eigenvalue weighted by Crippen LogP contribution is 2.36. The van der Waals surface area contributed by atoms with E-state index in [1.165, 1.54) is 0 Å². The molecule has 1 aromatic carbocycles. The highest BCUT2D eigenvalue weighted by atomic mass is 16.7. The van der Waals surface area contributed by atoms with Crippen LogP contribution < -0.4 is 5.59 Å². The zero-order valence-corrected chi connectivity index (χ0v) is 14.0. The fourth-order valence-corrected chi connectivity index (χ4v) is 2.30. The molecule has 0 atom stereocenters. The van der Waals surface area contributed by atoms with Crippen LogP contribution in [-0.2, 0) is 9.31 Å². The Kier molecular flexibility index (Phi) is 4.09. The molecule has 0 spiro atoms. The summed E-state index contributed by atoms with van der Waals surface area (Å²) in [6.07, 6.45) is 3.57. The third-order valence-corrected chi connectivity index (χ3v) is 4.42. The molecule has 0 unspecified atom stereocenters. The third-order valence-electron chi connectivity index (χ3n) is 4.42. The summed E-state index contributed by atoms with van der Waals surface area (Å²) < 4.78 is 12.1. The molecule has 0 aliphatic carbocycles. The summed E-state index contributed by atoms with van der Waals surface area (Å²) in [5.41, 5.74) is 1.88. The van der Waals surface area contributed by atoms with Gasteiger partial charge in [0.1, 0.15) is 0 Å². The van der Waals surface area contributed by atoms with E-state index in [1.54, 1.807) is 6.20 Å². The minimum Gasteiger partial charge on any atom is -0.398 e. The van der Waals surface area contributed by atoms with Gasteiger partial charge in [-0.3, -0.25) is 9.98 Å². The average Bonchev–Trinajstić information content (AvgIpc) is 2.75. The first-order chi connectivity index (χ1) is 10.9. The van der Waals surface area contributed by atoms with Crippen molar-refractivity contribution in [1.82, 2.24) is 4.98 Å². The molecule has 23 heavy (non-hydrogen) atoms. The summed E-state index contributed by atoms with van der Waals surface area (Å²) >= 11 is 0. The van der Waals surface area contributed by atoms with E-state index in [9.17, 15) is 0 Å². The first-order valence-corrected chi connectivity index (χ1v) is 7.78. The molecule has 0 N–H and O–H groups in total. The number of pyridine rings is 1. The molecule has 0 amide bonds. The van der Waals surface area contributed by atoms with Gasteiger partial charge in [-0.25, -0.2) is 0 Å². The predicted octanol–water partition coefficient (Wildman–Crippen LogP) is 3.13. The minimum absolute atomic E-state index is 0.372. The number of aliphatic imine (C=N–C) groups is 1. The van der Waals surface area contributed by atoms with Gasteiger partial charge in [0.2, 0.25) is 0 Å². The van der Waals surface area contributed by atoms with Gasteiger partial charge in [0.25, 0.3) is 0 Å². The molecule has 0 radical (unpaired) electrons. The first-order valence-electron chi connectivity index (χ1n) is 7.78. The van der Waals surface area contributed by atoms with Crippen molar-refractivity contribution in [3.8, 4) is 0 Å². The molecule has 2 heterocycles. The largest absolute Gasteiger partial charge is 0.514 e. The first kappa shape index (κ1) is 15.9. The van der Waals surface area contributed by atoms with Crippen molar-refractivity contribution in [2.45, 2.75) is 38.9 Å². The molecule has 4 nitrogen and oxygen atoms in total. The van der Waals surface area contributed by atoms with Crippen LogP contribution >= 0.6 is 0 Å². The van der Waals surface area contributed by atoms with Crippen LogP contribution in [0.5, 0.6) is 0 Å². The highest BCUT2D eigenvalue weighted by molar-refractivity contribution is 6.61. The van der Waals surface area contributed by atoms with E-state index in [0.717, 1.165) is 16.8 Å². The van der Waals surface area contributed by atoms with Gasteiger partial charge in [-0.15, -0.1) is 0 Å². The molecule has 1 aliphatic heterocycles. The van der Waals surface area contributed by atoms with E-state index in [-0.39, 0.29) is 11.2 Å². The van der Waals surface area contributed by atoms with Crippen LogP contribution in [0.4, 0.5) is 5.69 Å². The molecule has 0 bridgehead atoms. The van der Waals surface area contributed by atoms with Crippen LogP contribution in [0, 0.1) is 0 Å². The summed E-state index contributed by atoms with van der Waals surface area (Å²) in [7, 11) is -0.466. The number of rotatable bonds is 3. The Hall–Kier alpha value is -1.98. The zero-order chi connectivity index (χ0) is 16.5. The fourth-order valence-electron chi connectivity index (χ4n) is 2.30. The second kappa shape index (κ2) is 5.91. The van der Waals surface area contributed by atoms with E-state index >= 15 is 0 Å². The zero-order valence-electron chi connectivity index (χ0n) is 14.0. The molecule has 5 heteroatoms. The summed E-state index contributed by atoms with van der Waals surface area (Å²) in [6, 6.07) is 13.8. The number of aromatic nitrogens is 1. The van der Waals surface area contributed by atoms with Crippen LogP contribution in [0.1, 0.15) is 33.3 Å². The number of hydrogen-bond acceptors (Lipinski definition) is 4. The number of hydrogen-bond donors (Lipinski definition) is 0. The van der Waals surface area contributed by atoms with Crippen molar-refractivity contribution in [3.63, 3.8) is 0 Å². The second-order valence-electron chi connectivity index (χ2n) is 6.70. The quantitative estimate of drug-likeness (QED) is 0.646. The molecule has 1 saturated heterocycles. The molecule has 1 fully saturated rings. The van der Waals surface area contributed by atoms with Crippen LogP contribution in [0.25, 0.3) is 0 Å². The van der Waals surface area contributed by atoms with Crippen molar-refractivity contribution in [2.75, 3.05) is 0 Å². The van der Waals surface area contributed by atoms with E-state index in [1.807, 2.05) is 76.4 Å². The van der Waals surface area contributed by atoms with Gasteiger partial charge < -0.3 is 9.31 Å². The van der Waals surface area contributed by atoms with Gasteiger partial charge in [-0.05, 0) is 45.4 Å². The third kappa shape index (κ3) is 3.36. The summed E-state index contributed by atoms with van der Waals surface area (Å²) in [5.74, 6) is 0. The summed E-state index contributed by atoms with van der Waals surface area (Å²) in [4.78, 5) is 8.89. The molecule has 118 valence electrons. The van der Waals surface area contributed by atoms with Crippen LogP contribution in [0.2, 0.25) is 0 Å². The SMILES string of the molecule is CC1(C)OB(c2cc(N=Cc3ccccc3)ccn2)OC1(C)C. The number of nitrogens with zero attached hydrogens (tertiary/aromatic N) is 2. The molecular weight excluding hydrogens is 287 g/mol.